The summed E-state index contributed by atoms with van der Waals surface area (Å²) < 4.78 is 5.49. The molecule has 1 N–H and O–H groups in total. The third kappa shape index (κ3) is 2.27. The summed E-state index contributed by atoms with van der Waals surface area (Å²) in [5.74, 6) is 2.32. The molecule has 2 aliphatic rings. The van der Waals surface area contributed by atoms with Crippen molar-refractivity contribution >= 4 is 0 Å². The molecule has 0 amide bonds. The number of hydrogen-bond acceptors (Lipinski definition) is 2. The monoisotopic (exact) mass is 259 g/mol. The number of ether oxygens (including phenoxy) is 1. The quantitative estimate of drug-likeness (QED) is 0.894. The second-order valence-electron chi connectivity index (χ2n) is 6.70. The van der Waals surface area contributed by atoms with Gasteiger partial charge >= 0.3 is 0 Å². The van der Waals surface area contributed by atoms with Gasteiger partial charge in [0.05, 0.1) is 7.11 Å². The van der Waals surface area contributed by atoms with Gasteiger partial charge in [0.25, 0.3) is 0 Å². The summed E-state index contributed by atoms with van der Waals surface area (Å²) in [6.07, 6.45) is 4.11. The van der Waals surface area contributed by atoms with Crippen LogP contribution >= 0.6 is 0 Å². The first-order valence-corrected chi connectivity index (χ1v) is 7.52. The Morgan fingerprint density at radius 2 is 2.11 bits per heavy atom. The van der Waals surface area contributed by atoms with Crippen molar-refractivity contribution in [3.8, 4) is 5.75 Å². The number of benzene rings is 1. The molecule has 2 fully saturated rings. The molecular weight excluding hydrogens is 234 g/mol. The highest BCUT2D eigenvalue weighted by molar-refractivity contribution is 5.41. The number of methoxy groups -OCH3 is 1. The van der Waals surface area contributed by atoms with Crippen LogP contribution in [-0.4, -0.2) is 20.2 Å². The van der Waals surface area contributed by atoms with Crippen LogP contribution in [0.15, 0.2) is 18.2 Å². The maximum absolute atomic E-state index is 5.49. The van der Waals surface area contributed by atoms with E-state index >= 15 is 0 Å². The van der Waals surface area contributed by atoms with Crippen LogP contribution in [0.4, 0.5) is 0 Å². The van der Waals surface area contributed by atoms with E-state index < -0.39 is 0 Å². The van der Waals surface area contributed by atoms with Crippen LogP contribution < -0.4 is 10.1 Å². The molecule has 1 saturated heterocycles. The Morgan fingerprint density at radius 3 is 2.63 bits per heavy atom. The molecule has 1 aliphatic carbocycles. The Labute approximate surface area is 116 Å². The topological polar surface area (TPSA) is 21.3 Å². The lowest BCUT2D eigenvalue weighted by Gasteiger charge is -2.39. The largest absolute Gasteiger partial charge is 0.496 e. The van der Waals surface area contributed by atoms with Crippen molar-refractivity contribution in [3.63, 3.8) is 0 Å². The van der Waals surface area contributed by atoms with E-state index in [0.717, 1.165) is 11.7 Å². The minimum Gasteiger partial charge on any atom is -0.496 e. The van der Waals surface area contributed by atoms with Gasteiger partial charge in [0, 0.05) is 13.1 Å². The molecule has 1 saturated carbocycles. The summed E-state index contributed by atoms with van der Waals surface area (Å²) in [7, 11) is 1.77. The zero-order chi connectivity index (χ0) is 13.5. The predicted molar refractivity (Wildman–Crippen MR) is 79.0 cm³/mol. The van der Waals surface area contributed by atoms with E-state index in [9.17, 15) is 0 Å². The Hall–Kier alpha value is -1.02. The van der Waals surface area contributed by atoms with Crippen molar-refractivity contribution < 1.29 is 4.74 Å². The van der Waals surface area contributed by atoms with Gasteiger partial charge in [-0.3, -0.25) is 0 Å². The van der Waals surface area contributed by atoms with Gasteiger partial charge in [-0.05, 0) is 53.7 Å². The highest BCUT2D eigenvalue weighted by Crippen LogP contribution is 2.49. The lowest BCUT2D eigenvalue weighted by molar-refractivity contribution is 0.175. The van der Waals surface area contributed by atoms with Crippen LogP contribution in [0.2, 0.25) is 0 Å². The summed E-state index contributed by atoms with van der Waals surface area (Å²) in [6, 6.07) is 6.83. The first kappa shape index (κ1) is 13.0. The molecule has 0 aromatic heterocycles. The molecule has 1 aliphatic heterocycles. The number of rotatable bonds is 3. The van der Waals surface area contributed by atoms with Gasteiger partial charge in [0.1, 0.15) is 5.75 Å². The fourth-order valence-electron chi connectivity index (χ4n) is 3.75. The molecule has 1 spiro atoms. The van der Waals surface area contributed by atoms with Crippen molar-refractivity contribution in [2.45, 2.75) is 44.9 Å². The molecule has 104 valence electrons. The van der Waals surface area contributed by atoms with Crippen molar-refractivity contribution in [3.05, 3.63) is 29.3 Å². The molecule has 1 aromatic carbocycles. The average Bonchev–Trinajstić information content (AvgIpc) is 2.83. The molecule has 1 aromatic rings. The highest BCUT2D eigenvalue weighted by atomic mass is 16.5. The third-order valence-corrected chi connectivity index (χ3v) is 5.05. The van der Waals surface area contributed by atoms with Crippen LogP contribution in [0.25, 0.3) is 0 Å². The minimum absolute atomic E-state index is 0.524. The summed E-state index contributed by atoms with van der Waals surface area (Å²) in [5, 5.41) is 3.44. The molecule has 0 radical (unpaired) electrons. The Kier molecular flexibility index (Phi) is 3.30. The Balaban J connectivity index is 1.83. The third-order valence-electron chi connectivity index (χ3n) is 5.05. The zero-order valence-electron chi connectivity index (χ0n) is 12.3. The fourth-order valence-corrected chi connectivity index (χ4v) is 3.75. The normalized spacial score (nSPS) is 24.7. The molecule has 1 unspecified atom stereocenters. The van der Waals surface area contributed by atoms with Gasteiger partial charge in [-0.2, -0.15) is 0 Å². The van der Waals surface area contributed by atoms with Crippen LogP contribution in [-0.2, 0) is 0 Å². The van der Waals surface area contributed by atoms with Crippen molar-refractivity contribution in [1.29, 1.82) is 0 Å². The summed E-state index contributed by atoms with van der Waals surface area (Å²) in [5.41, 5.74) is 3.50. The van der Waals surface area contributed by atoms with Gasteiger partial charge in [-0.15, -0.1) is 0 Å². The first-order chi connectivity index (χ1) is 9.13. The van der Waals surface area contributed by atoms with Crippen LogP contribution in [0, 0.1) is 5.41 Å². The summed E-state index contributed by atoms with van der Waals surface area (Å²) >= 11 is 0. The second kappa shape index (κ2) is 4.82. The molecule has 19 heavy (non-hydrogen) atoms. The second-order valence-corrected chi connectivity index (χ2v) is 6.70. The van der Waals surface area contributed by atoms with Crippen LogP contribution in [0.5, 0.6) is 5.75 Å². The summed E-state index contributed by atoms with van der Waals surface area (Å²) in [4.78, 5) is 0. The van der Waals surface area contributed by atoms with Gasteiger partial charge in [-0.1, -0.05) is 26.0 Å². The predicted octanol–water partition coefficient (Wildman–Crippen LogP) is 3.68. The SMILES string of the molecule is COc1ccc(C2CCC3(CNC3)C2)cc1C(C)C. The van der Waals surface area contributed by atoms with Crippen LogP contribution in [0.1, 0.15) is 56.1 Å². The standard InChI is InChI=1S/C17H25NO/c1-12(2)15-8-13(4-5-16(15)19-3)14-6-7-17(9-14)10-18-11-17/h4-5,8,12,14,18H,6-7,9-11H2,1-3H3. The van der Waals surface area contributed by atoms with E-state index in [4.69, 9.17) is 4.74 Å². The zero-order valence-corrected chi connectivity index (χ0v) is 12.3. The van der Waals surface area contributed by atoms with E-state index in [1.807, 2.05) is 0 Å². The maximum atomic E-state index is 5.49. The molecular formula is C17H25NO. The number of hydrogen-bond donors (Lipinski definition) is 1. The van der Waals surface area contributed by atoms with Gasteiger partial charge < -0.3 is 10.1 Å². The van der Waals surface area contributed by atoms with E-state index in [2.05, 4.69) is 37.4 Å². The molecule has 0 bridgehead atoms. The van der Waals surface area contributed by atoms with Crippen molar-refractivity contribution in [1.82, 2.24) is 5.32 Å². The molecule has 1 heterocycles. The minimum atomic E-state index is 0.524. The fraction of sp³-hybridized carbons (Fsp3) is 0.647. The van der Waals surface area contributed by atoms with Gasteiger partial charge in [0.2, 0.25) is 0 Å². The van der Waals surface area contributed by atoms with Crippen molar-refractivity contribution in [2.24, 2.45) is 5.41 Å². The first-order valence-electron chi connectivity index (χ1n) is 7.52. The van der Waals surface area contributed by atoms with E-state index in [-0.39, 0.29) is 0 Å². The number of nitrogens with one attached hydrogen (secondary N) is 1. The van der Waals surface area contributed by atoms with E-state index in [1.165, 1.54) is 43.5 Å². The molecule has 2 nitrogen and oxygen atoms in total. The van der Waals surface area contributed by atoms with E-state index in [0.29, 0.717) is 11.3 Å². The molecule has 3 rings (SSSR count). The Morgan fingerprint density at radius 1 is 1.32 bits per heavy atom. The highest BCUT2D eigenvalue weighted by Gasteiger charge is 2.43. The molecule has 1 atom stereocenters. The lowest BCUT2D eigenvalue weighted by Crippen LogP contribution is -2.51. The van der Waals surface area contributed by atoms with E-state index in [1.54, 1.807) is 7.11 Å². The molecule has 2 heteroatoms. The van der Waals surface area contributed by atoms with Crippen molar-refractivity contribution in [2.75, 3.05) is 20.2 Å². The summed E-state index contributed by atoms with van der Waals surface area (Å²) in [6.45, 7) is 6.95. The van der Waals surface area contributed by atoms with Gasteiger partial charge in [-0.25, -0.2) is 0 Å². The van der Waals surface area contributed by atoms with Crippen LogP contribution in [0.3, 0.4) is 0 Å². The maximum Gasteiger partial charge on any atom is 0.122 e. The average molecular weight is 259 g/mol. The van der Waals surface area contributed by atoms with Gasteiger partial charge in [0.15, 0.2) is 0 Å². The lowest BCUT2D eigenvalue weighted by atomic mass is 9.78. The Bertz CT molecular complexity index is 462. The smallest absolute Gasteiger partial charge is 0.122 e.